The summed E-state index contributed by atoms with van der Waals surface area (Å²) in [6.45, 7) is 0.467. The number of aliphatic hydroxyl groups is 3. The number of methoxy groups -OCH3 is 1. The van der Waals surface area contributed by atoms with E-state index in [1.807, 2.05) is 0 Å². The van der Waals surface area contributed by atoms with Crippen LogP contribution in [0.1, 0.15) is 0 Å². The summed E-state index contributed by atoms with van der Waals surface area (Å²) >= 11 is 1.47. The molecule has 5 atom stereocenters. The van der Waals surface area contributed by atoms with Gasteiger partial charge in [0, 0.05) is 18.6 Å². The van der Waals surface area contributed by atoms with Gasteiger partial charge in [-0.2, -0.15) is 11.8 Å². The summed E-state index contributed by atoms with van der Waals surface area (Å²) in [5, 5.41) is 29.0. The fourth-order valence-electron chi connectivity index (χ4n) is 1.69. The highest BCUT2D eigenvalue weighted by Crippen LogP contribution is 2.24. The first-order valence-electron chi connectivity index (χ1n) is 5.83. The zero-order valence-electron chi connectivity index (χ0n) is 10.7. The molecule has 0 aromatic heterocycles. The van der Waals surface area contributed by atoms with Gasteiger partial charge in [0.1, 0.15) is 18.3 Å². The van der Waals surface area contributed by atoms with E-state index < -0.39 is 30.7 Å². The number of aliphatic imine (C=N–C) groups is 1. The van der Waals surface area contributed by atoms with Crippen LogP contribution in [0.2, 0.25) is 0 Å². The summed E-state index contributed by atoms with van der Waals surface area (Å²) < 4.78 is 10.3. The van der Waals surface area contributed by atoms with Gasteiger partial charge in [0.25, 0.3) is 0 Å². The zero-order valence-corrected chi connectivity index (χ0v) is 11.5. The van der Waals surface area contributed by atoms with Crippen LogP contribution < -0.4 is 11.5 Å². The molecule has 112 valence electrons. The van der Waals surface area contributed by atoms with Crippen LogP contribution in [0.4, 0.5) is 0 Å². The van der Waals surface area contributed by atoms with E-state index in [4.69, 9.17) is 20.9 Å². The van der Waals surface area contributed by atoms with Crippen molar-refractivity contribution >= 4 is 17.7 Å². The van der Waals surface area contributed by atoms with Crippen LogP contribution in [0.25, 0.3) is 0 Å². The fraction of sp³-hybridized carbons (Fsp3) is 0.900. The Morgan fingerprint density at radius 3 is 2.53 bits per heavy atom. The SMILES string of the molecule is CO[C@H]1O[C@H](CSCCN=C(N)N)[C@@H](O)[C@H](O)[C@H]1O. The fourth-order valence-corrected chi connectivity index (χ4v) is 2.58. The summed E-state index contributed by atoms with van der Waals surface area (Å²) in [6, 6.07) is 0. The molecule has 19 heavy (non-hydrogen) atoms. The summed E-state index contributed by atoms with van der Waals surface area (Å²) in [5.74, 6) is 1.12. The molecule has 0 aliphatic carbocycles. The molecule has 0 bridgehead atoms. The first kappa shape index (κ1) is 16.5. The molecule has 0 amide bonds. The average molecular weight is 295 g/mol. The Morgan fingerprint density at radius 2 is 1.95 bits per heavy atom. The quantitative estimate of drug-likeness (QED) is 0.205. The van der Waals surface area contributed by atoms with Gasteiger partial charge >= 0.3 is 0 Å². The van der Waals surface area contributed by atoms with E-state index in [1.54, 1.807) is 0 Å². The molecule has 0 aromatic carbocycles. The Kier molecular flexibility index (Phi) is 6.83. The number of guanidine groups is 1. The Hall–Kier alpha value is -0.580. The van der Waals surface area contributed by atoms with E-state index in [0.29, 0.717) is 18.1 Å². The largest absolute Gasteiger partial charge is 0.388 e. The van der Waals surface area contributed by atoms with Gasteiger partial charge in [0.2, 0.25) is 0 Å². The number of ether oxygens (including phenoxy) is 2. The minimum Gasteiger partial charge on any atom is -0.388 e. The summed E-state index contributed by atoms with van der Waals surface area (Å²) in [4.78, 5) is 3.82. The van der Waals surface area contributed by atoms with Crippen LogP contribution in [0, 0.1) is 0 Å². The molecule has 0 saturated carbocycles. The van der Waals surface area contributed by atoms with Gasteiger partial charge in [-0.3, -0.25) is 4.99 Å². The van der Waals surface area contributed by atoms with Crippen LogP contribution >= 0.6 is 11.8 Å². The van der Waals surface area contributed by atoms with Gasteiger partial charge < -0.3 is 36.3 Å². The van der Waals surface area contributed by atoms with Crippen molar-refractivity contribution in [2.45, 2.75) is 30.7 Å². The van der Waals surface area contributed by atoms with Crippen molar-refractivity contribution in [3.05, 3.63) is 0 Å². The van der Waals surface area contributed by atoms with Crippen LogP contribution in [0.3, 0.4) is 0 Å². The third-order valence-corrected chi connectivity index (χ3v) is 3.75. The number of aliphatic hydroxyl groups excluding tert-OH is 3. The standard InChI is InChI=1S/C10H21N3O5S/c1-17-9-8(16)7(15)6(14)5(18-9)4-19-3-2-13-10(11)12/h5-9,14-16H,2-4H2,1H3,(H4,11,12,13)/t5-,6-,7+,8-,9+/m1/s1. The van der Waals surface area contributed by atoms with Crippen molar-refractivity contribution < 1.29 is 24.8 Å². The smallest absolute Gasteiger partial charge is 0.186 e. The number of thioether (sulfide) groups is 1. The normalized spacial score (nSPS) is 35.1. The molecule has 0 unspecified atom stereocenters. The van der Waals surface area contributed by atoms with E-state index in [2.05, 4.69) is 4.99 Å². The van der Waals surface area contributed by atoms with E-state index in [1.165, 1.54) is 18.9 Å². The molecule has 1 aliphatic rings. The molecule has 1 saturated heterocycles. The van der Waals surface area contributed by atoms with Crippen molar-refractivity contribution in [3.63, 3.8) is 0 Å². The number of hydrogen-bond acceptors (Lipinski definition) is 7. The van der Waals surface area contributed by atoms with Crippen molar-refractivity contribution in [1.82, 2.24) is 0 Å². The number of hydrogen-bond donors (Lipinski definition) is 5. The monoisotopic (exact) mass is 295 g/mol. The molecule has 0 aromatic rings. The maximum Gasteiger partial charge on any atom is 0.186 e. The molecule has 0 spiro atoms. The van der Waals surface area contributed by atoms with Gasteiger partial charge in [-0.05, 0) is 0 Å². The van der Waals surface area contributed by atoms with Crippen LogP contribution in [-0.2, 0) is 9.47 Å². The van der Waals surface area contributed by atoms with E-state index in [9.17, 15) is 15.3 Å². The average Bonchev–Trinajstić information content (AvgIpc) is 2.37. The van der Waals surface area contributed by atoms with Crippen LogP contribution in [0.5, 0.6) is 0 Å². The molecule has 8 nitrogen and oxygen atoms in total. The van der Waals surface area contributed by atoms with E-state index >= 15 is 0 Å². The molecule has 7 N–H and O–H groups in total. The zero-order chi connectivity index (χ0) is 14.4. The number of nitrogens with two attached hydrogens (primary N) is 2. The summed E-state index contributed by atoms with van der Waals surface area (Å²) in [5.41, 5.74) is 10.4. The highest BCUT2D eigenvalue weighted by Gasteiger charge is 2.43. The predicted octanol–water partition coefficient (Wildman–Crippen LogP) is -2.55. The van der Waals surface area contributed by atoms with Crippen molar-refractivity contribution in [3.8, 4) is 0 Å². The molecular formula is C10H21N3O5S. The molecule has 1 fully saturated rings. The van der Waals surface area contributed by atoms with Gasteiger partial charge in [0.05, 0.1) is 12.6 Å². The topological polar surface area (TPSA) is 144 Å². The first-order valence-corrected chi connectivity index (χ1v) is 6.98. The second-order valence-electron chi connectivity index (χ2n) is 4.13. The maximum atomic E-state index is 9.79. The van der Waals surface area contributed by atoms with Gasteiger partial charge in [-0.15, -0.1) is 0 Å². The van der Waals surface area contributed by atoms with Gasteiger partial charge in [0.15, 0.2) is 12.2 Å². The summed E-state index contributed by atoms with van der Waals surface area (Å²) in [7, 11) is 1.36. The lowest BCUT2D eigenvalue weighted by atomic mass is 10.00. The van der Waals surface area contributed by atoms with Crippen molar-refractivity contribution in [2.75, 3.05) is 25.2 Å². The van der Waals surface area contributed by atoms with Gasteiger partial charge in [-0.1, -0.05) is 0 Å². The lowest BCUT2D eigenvalue weighted by molar-refractivity contribution is -0.284. The van der Waals surface area contributed by atoms with E-state index in [0.717, 1.165) is 0 Å². The molecule has 1 rings (SSSR count). The third kappa shape index (κ3) is 4.79. The second-order valence-corrected chi connectivity index (χ2v) is 5.28. The van der Waals surface area contributed by atoms with Crippen LogP contribution in [0.15, 0.2) is 4.99 Å². The van der Waals surface area contributed by atoms with Crippen molar-refractivity contribution in [1.29, 1.82) is 0 Å². The Balaban J connectivity index is 2.38. The minimum absolute atomic E-state index is 0.0348. The molecule has 1 aliphatic heterocycles. The Bertz CT molecular complexity index is 301. The number of rotatable bonds is 6. The second kappa shape index (κ2) is 7.88. The highest BCUT2D eigenvalue weighted by molar-refractivity contribution is 7.99. The third-order valence-electron chi connectivity index (χ3n) is 2.71. The molecule has 1 heterocycles. The molecular weight excluding hydrogens is 274 g/mol. The van der Waals surface area contributed by atoms with Gasteiger partial charge in [-0.25, -0.2) is 0 Å². The van der Waals surface area contributed by atoms with Crippen LogP contribution in [-0.4, -0.2) is 77.1 Å². The minimum atomic E-state index is -1.29. The molecule has 0 radical (unpaired) electrons. The Labute approximate surface area is 115 Å². The van der Waals surface area contributed by atoms with Crippen molar-refractivity contribution in [2.24, 2.45) is 16.5 Å². The lowest BCUT2D eigenvalue weighted by Gasteiger charge is -2.39. The summed E-state index contributed by atoms with van der Waals surface area (Å²) in [6.07, 6.45) is -5.27. The first-order chi connectivity index (χ1) is 8.97. The number of nitrogens with zero attached hydrogens (tertiary/aromatic N) is 1. The highest BCUT2D eigenvalue weighted by atomic mass is 32.2. The molecule has 9 heteroatoms. The van der Waals surface area contributed by atoms with E-state index in [-0.39, 0.29) is 5.96 Å². The lowest BCUT2D eigenvalue weighted by Crippen LogP contribution is -2.58. The Morgan fingerprint density at radius 1 is 1.26 bits per heavy atom. The predicted molar refractivity (Wildman–Crippen MR) is 71.7 cm³/mol. The maximum absolute atomic E-state index is 9.79.